The van der Waals surface area contributed by atoms with Gasteiger partial charge in [0.1, 0.15) is 6.20 Å². The molecule has 18 heavy (non-hydrogen) atoms. The predicted octanol–water partition coefficient (Wildman–Crippen LogP) is 1.18. The Morgan fingerprint density at radius 1 is 1.44 bits per heavy atom. The average Bonchev–Trinajstić information content (AvgIpc) is 2.38. The molecule has 0 amide bonds. The van der Waals surface area contributed by atoms with Gasteiger partial charge < -0.3 is 9.80 Å². The summed E-state index contributed by atoms with van der Waals surface area (Å²) in [6.07, 6.45) is 1.16. The molecule has 1 fully saturated rings. The van der Waals surface area contributed by atoms with Gasteiger partial charge in [-0.2, -0.15) is 4.98 Å². The van der Waals surface area contributed by atoms with E-state index in [1.807, 2.05) is 4.90 Å². The van der Waals surface area contributed by atoms with Gasteiger partial charge in [-0.3, -0.25) is 10.1 Å². The molecular formula is C10H14ClN5O2. The molecule has 1 aromatic rings. The number of likely N-dealkylation sites (N-methyl/N-ethyl adjacent to an activating group) is 1. The molecule has 0 unspecified atom stereocenters. The molecule has 1 aliphatic rings. The highest BCUT2D eigenvalue weighted by Crippen LogP contribution is 2.26. The van der Waals surface area contributed by atoms with Gasteiger partial charge in [-0.15, -0.1) is 0 Å². The second-order valence-corrected chi connectivity index (χ2v) is 4.36. The summed E-state index contributed by atoms with van der Waals surface area (Å²) >= 11 is 5.71. The number of nitro groups is 1. The van der Waals surface area contributed by atoms with E-state index in [-0.39, 0.29) is 11.0 Å². The lowest BCUT2D eigenvalue weighted by Gasteiger charge is -2.34. The van der Waals surface area contributed by atoms with E-state index in [2.05, 4.69) is 21.8 Å². The summed E-state index contributed by atoms with van der Waals surface area (Å²) in [5, 5.41) is 11.0. The Bertz CT molecular complexity index is 448. The zero-order valence-electron chi connectivity index (χ0n) is 10.0. The highest BCUT2D eigenvalue weighted by molar-refractivity contribution is 6.28. The van der Waals surface area contributed by atoms with Gasteiger partial charge in [-0.25, -0.2) is 4.98 Å². The van der Waals surface area contributed by atoms with Crippen molar-refractivity contribution < 1.29 is 4.92 Å². The Labute approximate surface area is 110 Å². The lowest BCUT2D eigenvalue weighted by atomic mass is 10.3. The number of aromatic nitrogens is 2. The zero-order chi connectivity index (χ0) is 13.1. The van der Waals surface area contributed by atoms with E-state index < -0.39 is 4.92 Å². The van der Waals surface area contributed by atoms with E-state index in [0.717, 1.165) is 25.8 Å². The maximum Gasteiger partial charge on any atom is 0.329 e. The highest BCUT2D eigenvalue weighted by Gasteiger charge is 2.25. The summed E-state index contributed by atoms with van der Waals surface area (Å²) in [6, 6.07) is 0. The fourth-order valence-corrected chi connectivity index (χ4v) is 2.11. The van der Waals surface area contributed by atoms with E-state index in [1.54, 1.807) is 0 Å². The Kier molecular flexibility index (Phi) is 3.93. The van der Waals surface area contributed by atoms with Crippen LogP contribution in [0.2, 0.25) is 5.28 Å². The van der Waals surface area contributed by atoms with E-state index in [4.69, 9.17) is 11.6 Å². The van der Waals surface area contributed by atoms with Crippen LogP contribution >= 0.6 is 11.6 Å². The van der Waals surface area contributed by atoms with Crippen LogP contribution < -0.4 is 4.90 Å². The molecule has 0 bridgehead atoms. The monoisotopic (exact) mass is 271 g/mol. The molecule has 0 aliphatic carbocycles. The molecule has 0 aromatic carbocycles. The molecular weight excluding hydrogens is 258 g/mol. The van der Waals surface area contributed by atoms with E-state index in [9.17, 15) is 10.1 Å². The zero-order valence-corrected chi connectivity index (χ0v) is 10.8. The topological polar surface area (TPSA) is 75.4 Å². The van der Waals surface area contributed by atoms with Crippen LogP contribution in [0.25, 0.3) is 0 Å². The fourth-order valence-electron chi connectivity index (χ4n) is 1.98. The molecule has 2 heterocycles. The average molecular weight is 272 g/mol. The standard InChI is InChI=1S/C10H14ClN5O2/c1-2-14-3-5-15(6-4-14)9-8(16(17)18)7-12-10(11)13-9/h7H,2-6H2,1H3. The number of nitrogens with zero attached hydrogens (tertiary/aromatic N) is 5. The SMILES string of the molecule is CCN1CCN(c2nc(Cl)ncc2[N+](=O)[O-])CC1. The van der Waals surface area contributed by atoms with Crippen molar-refractivity contribution in [3.63, 3.8) is 0 Å². The third-order valence-electron chi connectivity index (χ3n) is 3.04. The predicted molar refractivity (Wildman–Crippen MR) is 68.0 cm³/mol. The molecule has 0 N–H and O–H groups in total. The van der Waals surface area contributed by atoms with Crippen molar-refractivity contribution >= 4 is 23.1 Å². The Hall–Kier alpha value is -1.47. The van der Waals surface area contributed by atoms with Gasteiger partial charge in [0.2, 0.25) is 11.1 Å². The Morgan fingerprint density at radius 3 is 2.67 bits per heavy atom. The molecule has 1 aromatic heterocycles. The lowest BCUT2D eigenvalue weighted by Crippen LogP contribution is -2.46. The summed E-state index contributed by atoms with van der Waals surface area (Å²) in [5.41, 5.74) is -0.0932. The molecule has 1 aliphatic heterocycles. The summed E-state index contributed by atoms with van der Waals surface area (Å²) in [7, 11) is 0. The maximum atomic E-state index is 10.9. The number of anilines is 1. The maximum absolute atomic E-state index is 10.9. The van der Waals surface area contributed by atoms with E-state index in [0.29, 0.717) is 18.9 Å². The van der Waals surface area contributed by atoms with Crippen molar-refractivity contribution in [3.8, 4) is 0 Å². The van der Waals surface area contributed by atoms with Crippen molar-refractivity contribution in [2.75, 3.05) is 37.6 Å². The molecule has 7 nitrogen and oxygen atoms in total. The van der Waals surface area contributed by atoms with Gasteiger partial charge in [0.05, 0.1) is 4.92 Å². The van der Waals surface area contributed by atoms with Crippen LogP contribution in [0.4, 0.5) is 11.5 Å². The summed E-state index contributed by atoms with van der Waals surface area (Å²) < 4.78 is 0. The molecule has 0 saturated carbocycles. The normalized spacial score (nSPS) is 16.9. The van der Waals surface area contributed by atoms with Crippen molar-refractivity contribution in [1.29, 1.82) is 0 Å². The number of halogens is 1. The summed E-state index contributed by atoms with van der Waals surface area (Å²) in [5.74, 6) is 0.316. The van der Waals surface area contributed by atoms with Crippen molar-refractivity contribution in [2.24, 2.45) is 0 Å². The van der Waals surface area contributed by atoms with Gasteiger partial charge >= 0.3 is 5.69 Å². The Balaban J connectivity index is 2.22. The number of hydrogen-bond donors (Lipinski definition) is 0. The molecule has 0 atom stereocenters. The van der Waals surface area contributed by atoms with Crippen LogP contribution in [-0.4, -0.2) is 52.5 Å². The van der Waals surface area contributed by atoms with Crippen molar-refractivity contribution in [2.45, 2.75) is 6.92 Å². The smallest absolute Gasteiger partial charge is 0.329 e. The second kappa shape index (κ2) is 5.45. The number of rotatable bonds is 3. The molecule has 1 saturated heterocycles. The molecule has 2 rings (SSSR count). The molecule has 98 valence electrons. The van der Waals surface area contributed by atoms with Gasteiger partial charge in [0, 0.05) is 26.2 Å². The van der Waals surface area contributed by atoms with Crippen molar-refractivity contribution in [1.82, 2.24) is 14.9 Å². The van der Waals surface area contributed by atoms with Gasteiger partial charge in [-0.05, 0) is 18.1 Å². The molecule has 0 radical (unpaired) electrons. The van der Waals surface area contributed by atoms with E-state index >= 15 is 0 Å². The first-order valence-electron chi connectivity index (χ1n) is 5.76. The quantitative estimate of drug-likeness (QED) is 0.467. The lowest BCUT2D eigenvalue weighted by molar-refractivity contribution is -0.384. The summed E-state index contributed by atoms with van der Waals surface area (Å²) in [4.78, 5) is 22.3. The van der Waals surface area contributed by atoms with Crippen LogP contribution in [0.1, 0.15) is 6.92 Å². The van der Waals surface area contributed by atoms with E-state index in [1.165, 1.54) is 0 Å². The largest absolute Gasteiger partial charge is 0.348 e. The van der Waals surface area contributed by atoms with Gasteiger partial charge in [0.25, 0.3) is 0 Å². The minimum atomic E-state index is -0.474. The molecule has 8 heteroatoms. The van der Waals surface area contributed by atoms with Gasteiger partial charge in [-0.1, -0.05) is 6.92 Å². The number of hydrogen-bond acceptors (Lipinski definition) is 6. The first-order chi connectivity index (χ1) is 8.61. The number of piperazine rings is 1. The first-order valence-corrected chi connectivity index (χ1v) is 6.14. The fraction of sp³-hybridized carbons (Fsp3) is 0.600. The molecule has 0 spiro atoms. The minimum absolute atomic E-state index is 0.0357. The van der Waals surface area contributed by atoms with Crippen molar-refractivity contribution in [3.05, 3.63) is 21.6 Å². The van der Waals surface area contributed by atoms with Crippen LogP contribution in [0.15, 0.2) is 6.20 Å². The Morgan fingerprint density at radius 2 is 2.11 bits per heavy atom. The highest BCUT2D eigenvalue weighted by atomic mass is 35.5. The third kappa shape index (κ3) is 2.68. The van der Waals surface area contributed by atoms with Gasteiger partial charge in [0.15, 0.2) is 0 Å². The van der Waals surface area contributed by atoms with Crippen LogP contribution in [-0.2, 0) is 0 Å². The van der Waals surface area contributed by atoms with Crippen LogP contribution in [0, 0.1) is 10.1 Å². The minimum Gasteiger partial charge on any atom is -0.348 e. The first kappa shape index (κ1) is 13.0. The second-order valence-electron chi connectivity index (χ2n) is 4.03. The third-order valence-corrected chi connectivity index (χ3v) is 3.22. The van der Waals surface area contributed by atoms with Crippen LogP contribution in [0.3, 0.4) is 0 Å². The van der Waals surface area contributed by atoms with Crippen LogP contribution in [0.5, 0.6) is 0 Å². The summed E-state index contributed by atoms with van der Waals surface area (Å²) in [6.45, 7) is 6.24.